The van der Waals surface area contributed by atoms with Crippen molar-refractivity contribution in [3.8, 4) is 0 Å². The van der Waals surface area contributed by atoms with Crippen LogP contribution < -0.4 is 0 Å². The Hall–Kier alpha value is -0.900. The fourth-order valence-electron chi connectivity index (χ4n) is 0.861. The molecule has 0 aliphatic carbocycles. The molecule has 0 heterocycles. The fraction of sp³-hybridized carbons (Fsp3) is 0.750. The van der Waals surface area contributed by atoms with Crippen LogP contribution in [0.3, 0.4) is 0 Å². The first-order valence-electron chi connectivity index (χ1n) is 4.06. The number of aliphatic hydroxyl groups is 1. The summed E-state index contributed by atoms with van der Waals surface area (Å²) in [6, 6.07) is -0.868. The standard InChI is InChI=1S/C8H15NO3/c1-3-4-5-6-8(7(2)10)9(11)12/h4-5,7-8,10H,3,6H2,1-2H3/b5-4-. The summed E-state index contributed by atoms with van der Waals surface area (Å²) in [6.45, 7) is 3.40. The molecule has 0 aromatic carbocycles. The van der Waals surface area contributed by atoms with Crippen LogP contribution in [0.4, 0.5) is 0 Å². The molecule has 0 aliphatic heterocycles. The van der Waals surface area contributed by atoms with Crippen molar-refractivity contribution in [1.29, 1.82) is 0 Å². The highest BCUT2D eigenvalue weighted by molar-refractivity contribution is 4.84. The highest BCUT2D eigenvalue weighted by atomic mass is 16.6. The van der Waals surface area contributed by atoms with Crippen LogP contribution in [0.2, 0.25) is 0 Å². The molecule has 0 aromatic rings. The number of allylic oxidation sites excluding steroid dienone is 1. The number of aliphatic hydroxyl groups excluding tert-OH is 1. The zero-order valence-corrected chi connectivity index (χ0v) is 7.43. The van der Waals surface area contributed by atoms with Gasteiger partial charge in [-0.05, 0) is 13.3 Å². The lowest BCUT2D eigenvalue weighted by molar-refractivity contribution is -0.532. The Morgan fingerprint density at radius 1 is 1.58 bits per heavy atom. The van der Waals surface area contributed by atoms with E-state index in [9.17, 15) is 10.1 Å². The Balaban J connectivity index is 3.97. The van der Waals surface area contributed by atoms with Crippen molar-refractivity contribution in [3.63, 3.8) is 0 Å². The van der Waals surface area contributed by atoms with Crippen molar-refractivity contribution < 1.29 is 10.0 Å². The molecular weight excluding hydrogens is 158 g/mol. The van der Waals surface area contributed by atoms with Gasteiger partial charge in [0.15, 0.2) is 0 Å². The Morgan fingerprint density at radius 2 is 2.17 bits per heavy atom. The molecule has 4 nitrogen and oxygen atoms in total. The molecule has 0 bridgehead atoms. The molecule has 0 rings (SSSR count). The lowest BCUT2D eigenvalue weighted by atomic mass is 10.1. The van der Waals surface area contributed by atoms with E-state index in [1.54, 1.807) is 6.08 Å². The quantitative estimate of drug-likeness (QED) is 0.388. The highest BCUT2D eigenvalue weighted by Gasteiger charge is 2.23. The van der Waals surface area contributed by atoms with Crippen molar-refractivity contribution in [2.24, 2.45) is 0 Å². The molecule has 4 heteroatoms. The number of nitrogens with zero attached hydrogens (tertiary/aromatic N) is 1. The maximum absolute atomic E-state index is 10.3. The van der Waals surface area contributed by atoms with Gasteiger partial charge in [0.1, 0.15) is 6.10 Å². The smallest absolute Gasteiger partial charge is 0.241 e. The fourth-order valence-corrected chi connectivity index (χ4v) is 0.861. The number of hydrogen-bond donors (Lipinski definition) is 1. The van der Waals surface area contributed by atoms with E-state index >= 15 is 0 Å². The molecule has 70 valence electrons. The number of rotatable bonds is 5. The summed E-state index contributed by atoms with van der Waals surface area (Å²) in [5.41, 5.74) is 0. The first-order chi connectivity index (χ1) is 5.59. The summed E-state index contributed by atoms with van der Waals surface area (Å²) >= 11 is 0. The topological polar surface area (TPSA) is 63.4 Å². The molecular formula is C8H15NO3. The molecule has 0 aromatic heterocycles. The largest absolute Gasteiger partial charge is 0.386 e. The van der Waals surface area contributed by atoms with E-state index in [0.29, 0.717) is 6.42 Å². The van der Waals surface area contributed by atoms with E-state index in [2.05, 4.69) is 0 Å². The van der Waals surface area contributed by atoms with Crippen LogP contribution in [0.25, 0.3) is 0 Å². The summed E-state index contributed by atoms with van der Waals surface area (Å²) in [7, 11) is 0. The molecule has 2 atom stereocenters. The van der Waals surface area contributed by atoms with Gasteiger partial charge in [-0.2, -0.15) is 0 Å². The van der Waals surface area contributed by atoms with E-state index in [1.165, 1.54) is 6.92 Å². The Kier molecular flexibility index (Phi) is 5.28. The van der Waals surface area contributed by atoms with Crippen molar-refractivity contribution in [2.75, 3.05) is 0 Å². The van der Waals surface area contributed by atoms with Gasteiger partial charge in [0.25, 0.3) is 0 Å². The van der Waals surface area contributed by atoms with Crippen molar-refractivity contribution in [2.45, 2.75) is 38.8 Å². The van der Waals surface area contributed by atoms with Gasteiger partial charge in [0, 0.05) is 11.3 Å². The minimum Gasteiger partial charge on any atom is -0.386 e. The van der Waals surface area contributed by atoms with E-state index in [1.807, 2.05) is 13.0 Å². The minimum atomic E-state index is -0.887. The van der Waals surface area contributed by atoms with Gasteiger partial charge in [0.05, 0.1) is 0 Å². The van der Waals surface area contributed by atoms with Gasteiger partial charge in [-0.3, -0.25) is 10.1 Å². The minimum absolute atomic E-state index is 0.304. The van der Waals surface area contributed by atoms with Gasteiger partial charge < -0.3 is 5.11 Å². The lowest BCUT2D eigenvalue weighted by Crippen LogP contribution is -2.30. The SMILES string of the molecule is CC/C=C\CC(C(C)O)[N+](=O)[O-]. The summed E-state index contributed by atoms with van der Waals surface area (Å²) in [4.78, 5) is 9.91. The predicted octanol–water partition coefficient (Wildman–Crippen LogP) is 1.37. The molecule has 0 amide bonds. The first kappa shape index (κ1) is 11.1. The molecule has 2 unspecified atom stereocenters. The zero-order valence-electron chi connectivity index (χ0n) is 7.43. The third kappa shape index (κ3) is 4.08. The second-order valence-electron chi connectivity index (χ2n) is 2.71. The van der Waals surface area contributed by atoms with Gasteiger partial charge in [-0.25, -0.2) is 0 Å². The van der Waals surface area contributed by atoms with Crippen LogP contribution in [0.15, 0.2) is 12.2 Å². The van der Waals surface area contributed by atoms with Crippen LogP contribution in [0.1, 0.15) is 26.7 Å². The Morgan fingerprint density at radius 3 is 2.50 bits per heavy atom. The van der Waals surface area contributed by atoms with Crippen LogP contribution >= 0.6 is 0 Å². The third-order valence-corrected chi connectivity index (χ3v) is 1.61. The second-order valence-corrected chi connectivity index (χ2v) is 2.71. The Bertz CT molecular complexity index is 166. The van der Waals surface area contributed by atoms with Crippen LogP contribution in [-0.2, 0) is 0 Å². The molecule has 1 N–H and O–H groups in total. The molecule has 0 radical (unpaired) electrons. The summed E-state index contributed by atoms with van der Waals surface area (Å²) < 4.78 is 0. The maximum atomic E-state index is 10.3. The maximum Gasteiger partial charge on any atom is 0.241 e. The molecule has 0 fully saturated rings. The zero-order chi connectivity index (χ0) is 9.56. The molecule has 0 saturated carbocycles. The lowest BCUT2D eigenvalue weighted by Gasteiger charge is -2.08. The first-order valence-corrected chi connectivity index (χ1v) is 4.06. The molecule has 0 spiro atoms. The average Bonchev–Trinajstić information content (AvgIpc) is 1.96. The number of hydrogen-bond acceptors (Lipinski definition) is 3. The summed E-state index contributed by atoms with van der Waals surface area (Å²) in [6.07, 6.45) is 3.88. The van der Waals surface area contributed by atoms with Crippen LogP contribution in [0.5, 0.6) is 0 Å². The Labute approximate surface area is 72.1 Å². The molecule has 0 aliphatic rings. The van der Waals surface area contributed by atoms with Crippen molar-refractivity contribution in [1.82, 2.24) is 0 Å². The van der Waals surface area contributed by atoms with E-state index in [0.717, 1.165) is 6.42 Å². The van der Waals surface area contributed by atoms with E-state index in [-0.39, 0.29) is 0 Å². The van der Waals surface area contributed by atoms with Gasteiger partial charge in [0.2, 0.25) is 6.04 Å². The monoisotopic (exact) mass is 173 g/mol. The highest BCUT2D eigenvalue weighted by Crippen LogP contribution is 2.04. The van der Waals surface area contributed by atoms with Crippen LogP contribution in [-0.4, -0.2) is 22.2 Å². The van der Waals surface area contributed by atoms with Crippen molar-refractivity contribution in [3.05, 3.63) is 22.3 Å². The van der Waals surface area contributed by atoms with E-state index < -0.39 is 17.1 Å². The summed E-state index contributed by atoms with van der Waals surface area (Å²) in [5, 5.41) is 19.4. The second kappa shape index (κ2) is 5.71. The van der Waals surface area contributed by atoms with Crippen molar-refractivity contribution >= 4 is 0 Å². The van der Waals surface area contributed by atoms with Gasteiger partial charge in [-0.15, -0.1) is 0 Å². The normalized spacial score (nSPS) is 16.2. The summed E-state index contributed by atoms with van der Waals surface area (Å²) in [5.74, 6) is 0. The third-order valence-electron chi connectivity index (χ3n) is 1.61. The van der Waals surface area contributed by atoms with E-state index in [4.69, 9.17) is 5.11 Å². The molecule has 0 saturated heterocycles. The van der Waals surface area contributed by atoms with Gasteiger partial charge >= 0.3 is 0 Å². The number of nitro groups is 1. The van der Waals surface area contributed by atoms with Gasteiger partial charge in [-0.1, -0.05) is 19.1 Å². The average molecular weight is 173 g/mol. The van der Waals surface area contributed by atoms with Crippen LogP contribution in [0, 0.1) is 10.1 Å². The predicted molar refractivity (Wildman–Crippen MR) is 46.5 cm³/mol. The molecule has 12 heavy (non-hydrogen) atoms.